The number of fused-ring (bicyclic) bond motifs is 1. The van der Waals surface area contributed by atoms with E-state index in [1.54, 1.807) is 28.0 Å². The number of amides is 1. The lowest BCUT2D eigenvalue weighted by Gasteiger charge is -2.15. The molecule has 24 heavy (non-hydrogen) atoms. The van der Waals surface area contributed by atoms with E-state index < -0.39 is 0 Å². The number of aromatic nitrogens is 2. The van der Waals surface area contributed by atoms with Gasteiger partial charge in [-0.2, -0.15) is 0 Å². The van der Waals surface area contributed by atoms with Gasteiger partial charge >= 0.3 is 0 Å². The van der Waals surface area contributed by atoms with Gasteiger partial charge in [0.05, 0.1) is 21.8 Å². The second-order valence-corrected chi connectivity index (χ2v) is 9.19. The SMILES string of the molecule is Cc1ccc2nc(CSCC(=O)N(C)Cc3ccc(Br)s3)cn2c1. The Bertz CT molecular complexity index is 859. The molecule has 0 atom stereocenters. The molecule has 0 N–H and O–H groups in total. The summed E-state index contributed by atoms with van der Waals surface area (Å²) in [7, 11) is 1.85. The first-order valence-corrected chi connectivity index (χ1v) is 10.3. The monoisotopic (exact) mass is 423 g/mol. The minimum atomic E-state index is 0.143. The highest BCUT2D eigenvalue weighted by molar-refractivity contribution is 9.11. The molecule has 3 heterocycles. The molecule has 0 bridgehead atoms. The average molecular weight is 424 g/mol. The molecular formula is C17H18BrN3OS2. The van der Waals surface area contributed by atoms with Gasteiger partial charge in [-0.25, -0.2) is 4.98 Å². The highest BCUT2D eigenvalue weighted by Crippen LogP contribution is 2.23. The van der Waals surface area contributed by atoms with Gasteiger partial charge in [0.15, 0.2) is 0 Å². The Morgan fingerprint density at radius 2 is 2.17 bits per heavy atom. The number of carbonyl (C=O) groups is 1. The smallest absolute Gasteiger partial charge is 0.232 e. The summed E-state index contributed by atoms with van der Waals surface area (Å²) in [4.78, 5) is 19.8. The lowest BCUT2D eigenvalue weighted by Crippen LogP contribution is -2.27. The minimum Gasteiger partial charge on any atom is -0.340 e. The highest BCUT2D eigenvalue weighted by Gasteiger charge is 2.11. The van der Waals surface area contributed by atoms with Gasteiger partial charge < -0.3 is 9.30 Å². The zero-order valence-corrected chi connectivity index (χ0v) is 16.7. The molecule has 0 aliphatic carbocycles. The number of thiophene rings is 1. The fourth-order valence-corrected chi connectivity index (χ4v) is 4.72. The molecule has 0 radical (unpaired) electrons. The van der Waals surface area contributed by atoms with Crippen molar-refractivity contribution < 1.29 is 4.79 Å². The van der Waals surface area contributed by atoms with Crippen LogP contribution in [0.4, 0.5) is 0 Å². The number of carbonyl (C=O) groups excluding carboxylic acids is 1. The van der Waals surface area contributed by atoms with Crippen molar-refractivity contribution in [1.82, 2.24) is 14.3 Å². The van der Waals surface area contributed by atoms with E-state index in [2.05, 4.69) is 40.1 Å². The van der Waals surface area contributed by atoms with Gasteiger partial charge in [0.2, 0.25) is 5.91 Å². The van der Waals surface area contributed by atoms with E-state index in [-0.39, 0.29) is 5.91 Å². The van der Waals surface area contributed by atoms with Crippen molar-refractivity contribution in [1.29, 1.82) is 0 Å². The van der Waals surface area contributed by atoms with Crippen LogP contribution in [0.5, 0.6) is 0 Å². The van der Waals surface area contributed by atoms with Gasteiger partial charge in [0.25, 0.3) is 0 Å². The number of rotatable bonds is 6. The quantitative estimate of drug-likeness (QED) is 0.590. The summed E-state index contributed by atoms with van der Waals surface area (Å²) in [5, 5.41) is 0. The number of hydrogen-bond acceptors (Lipinski definition) is 4. The first-order valence-electron chi connectivity index (χ1n) is 7.51. The topological polar surface area (TPSA) is 37.6 Å². The molecule has 0 aliphatic heterocycles. The van der Waals surface area contributed by atoms with E-state index in [1.165, 1.54) is 10.4 Å². The van der Waals surface area contributed by atoms with Gasteiger partial charge in [0, 0.05) is 30.1 Å². The summed E-state index contributed by atoms with van der Waals surface area (Å²) in [6.07, 6.45) is 4.10. The molecule has 3 aromatic heterocycles. The zero-order chi connectivity index (χ0) is 17.1. The van der Waals surface area contributed by atoms with Crippen LogP contribution in [-0.4, -0.2) is 33.0 Å². The zero-order valence-electron chi connectivity index (χ0n) is 13.5. The van der Waals surface area contributed by atoms with Gasteiger partial charge in [-0.1, -0.05) is 6.07 Å². The molecule has 0 unspecified atom stereocenters. The summed E-state index contributed by atoms with van der Waals surface area (Å²) in [5.74, 6) is 1.35. The Hall–Kier alpha value is -1.31. The predicted molar refractivity (Wildman–Crippen MR) is 105 cm³/mol. The molecule has 0 saturated carbocycles. The number of hydrogen-bond donors (Lipinski definition) is 0. The summed E-state index contributed by atoms with van der Waals surface area (Å²) in [6.45, 7) is 2.72. The summed E-state index contributed by atoms with van der Waals surface area (Å²) in [6, 6.07) is 8.13. The first kappa shape index (κ1) is 17.5. The molecule has 0 saturated heterocycles. The van der Waals surface area contributed by atoms with Crippen molar-refractivity contribution in [3.05, 3.63) is 56.6 Å². The Labute approximate surface area is 158 Å². The van der Waals surface area contributed by atoms with Crippen LogP contribution in [0.15, 0.2) is 40.4 Å². The molecule has 7 heteroatoms. The molecule has 4 nitrogen and oxygen atoms in total. The Kier molecular flexibility index (Phi) is 5.63. The summed E-state index contributed by atoms with van der Waals surface area (Å²) in [5.41, 5.74) is 3.15. The normalized spacial score (nSPS) is 11.1. The summed E-state index contributed by atoms with van der Waals surface area (Å²) < 4.78 is 3.13. The second kappa shape index (κ2) is 7.72. The van der Waals surface area contributed by atoms with Crippen molar-refractivity contribution in [2.24, 2.45) is 0 Å². The number of halogens is 1. The number of aryl methyl sites for hydroxylation is 1. The third-order valence-corrected chi connectivity index (χ3v) is 6.13. The van der Waals surface area contributed by atoms with Crippen LogP contribution in [0, 0.1) is 6.92 Å². The van der Waals surface area contributed by atoms with Crippen LogP contribution < -0.4 is 0 Å². The summed E-state index contributed by atoms with van der Waals surface area (Å²) >= 11 is 6.71. The number of pyridine rings is 1. The van der Waals surface area contributed by atoms with E-state index in [4.69, 9.17) is 0 Å². The maximum absolute atomic E-state index is 12.2. The highest BCUT2D eigenvalue weighted by atomic mass is 79.9. The molecule has 0 spiro atoms. The van der Waals surface area contributed by atoms with Crippen LogP contribution in [0.3, 0.4) is 0 Å². The molecule has 0 aromatic carbocycles. The van der Waals surface area contributed by atoms with Crippen LogP contribution >= 0.6 is 39.0 Å². The number of imidazole rings is 1. The first-order chi connectivity index (χ1) is 11.5. The molecule has 126 valence electrons. The van der Waals surface area contributed by atoms with E-state index in [0.717, 1.165) is 20.9 Å². The lowest BCUT2D eigenvalue weighted by atomic mass is 10.3. The van der Waals surface area contributed by atoms with Gasteiger partial charge in [0.1, 0.15) is 5.65 Å². The van der Waals surface area contributed by atoms with E-state index >= 15 is 0 Å². The van der Waals surface area contributed by atoms with Crippen molar-refractivity contribution in [3.8, 4) is 0 Å². The maximum atomic E-state index is 12.2. The van der Waals surface area contributed by atoms with Gasteiger partial charge in [-0.3, -0.25) is 4.79 Å². The number of thioether (sulfide) groups is 1. The minimum absolute atomic E-state index is 0.143. The molecular weight excluding hydrogens is 406 g/mol. The van der Waals surface area contributed by atoms with E-state index in [0.29, 0.717) is 12.3 Å². The second-order valence-electron chi connectivity index (χ2n) is 5.65. The van der Waals surface area contributed by atoms with Crippen molar-refractivity contribution in [3.63, 3.8) is 0 Å². The maximum Gasteiger partial charge on any atom is 0.232 e. The van der Waals surface area contributed by atoms with Crippen LogP contribution in [0.2, 0.25) is 0 Å². The molecule has 0 aliphatic rings. The van der Waals surface area contributed by atoms with Crippen LogP contribution in [0.1, 0.15) is 16.1 Å². The molecule has 3 aromatic rings. The molecule has 3 rings (SSSR count). The Morgan fingerprint density at radius 3 is 2.92 bits per heavy atom. The lowest BCUT2D eigenvalue weighted by molar-refractivity contribution is -0.127. The molecule has 1 amide bonds. The fraction of sp³-hybridized carbons (Fsp3) is 0.294. The van der Waals surface area contributed by atoms with Crippen LogP contribution in [0.25, 0.3) is 5.65 Å². The molecule has 0 fully saturated rings. The van der Waals surface area contributed by atoms with Crippen molar-refractivity contribution in [2.45, 2.75) is 19.2 Å². The third-order valence-electron chi connectivity index (χ3n) is 3.57. The van der Waals surface area contributed by atoms with E-state index in [9.17, 15) is 4.79 Å². The third kappa shape index (κ3) is 4.40. The Morgan fingerprint density at radius 1 is 1.33 bits per heavy atom. The van der Waals surface area contributed by atoms with Crippen molar-refractivity contribution in [2.75, 3.05) is 12.8 Å². The van der Waals surface area contributed by atoms with Crippen molar-refractivity contribution >= 4 is 50.6 Å². The van der Waals surface area contributed by atoms with E-state index in [1.807, 2.05) is 35.8 Å². The van der Waals surface area contributed by atoms with Gasteiger partial charge in [-0.15, -0.1) is 23.1 Å². The van der Waals surface area contributed by atoms with Gasteiger partial charge in [-0.05, 0) is 46.6 Å². The Balaban J connectivity index is 1.50. The fourth-order valence-electron chi connectivity index (χ4n) is 2.34. The average Bonchev–Trinajstić information content (AvgIpc) is 3.12. The van der Waals surface area contributed by atoms with Crippen LogP contribution in [-0.2, 0) is 17.1 Å². The number of nitrogens with zero attached hydrogens (tertiary/aromatic N) is 3. The largest absolute Gasteiger partial charge is 0.340 e. The standard InChI is InChI=1S/C17H18BrN3OS2/c1-12-3-6-16-19-13(8-21(16)7-12)10-23-11-17(22)20(2)9-14-4-5-15(18)24-14/h3-8H,9-11H2,1-2H3. The predicted octanol–water partition coefficient (Wildman–Crippen LogP) is 4.36.